The highest BCUT2D eigenvalue weighted by atomic mass is 32.2. The maximum Gasteiger partial charge on any atom is 0.283 e. The third-order valence-corrected chi connectivity index (χ3v) is 5.72. The summed E-state index contributed by atoms with van der Waals surface area (Å²) in [5.41, 5.74) is 0.769. The highest BCUT2D eigenvalue weighted by Gasteiger charge is 2.26. The molecular formula is C17H18FN5O3S. The van der Waals surface area contributed by atoms with E-state index in [2.05, 4.69) is 19.8 Å². The molecule has 0 radical (unpaired) electrons. The zero-order chi connectivity index (χ0) is 19.0. The predicted octanol–water partition coefficient (Wildman–Crippen LogP) is 2.69. The summed E-state index contributed by atoms with van der Waals surface area (Å²) in [5.74, 6) is 0.484. The minimum atomic E-state index is -3.91. The van der Waals surface area contributed by atoms with E-state index in [0.29, 0.717) is 0 Å². The highest BCUT2D eigenvalue weighted by Crippen LogP contribution is 2.26. The van der Waals surface area contributed by atoms with Crippen LogP contribution in [0.25, 0.3) is 0 Å². The van der Waals surface area contributed by atoms with Gasteiger partial charge in [0.1, 0.15) is 11.6 Å². The first-order valence-electron chi connectivity index (χ1n) is 8.58. The molecule has 0 saturated carbocycles. The van der Waals surface area contributed by atoms with Gasteiger partial charge in [-0.05, 0) is 42.6 Å². The number of hydrogen-bond donors (Lipinski definition) is 1. The Kier molecular flexibility index (Phi) is 4.42. The number of fused-ring (bicyclic) bond motifs is 1. The number of nitrogens with one attached hydrogen (secondary N) is 1. The van der Waals surface area contributed by atoms with E-state index in [9.17, 15) is 12.8 Å². The highest BCUT2D eigenvalue weighted by molar-refractivity contribution is 7.92. The second-order valence-electron chi connectivity index (χ2n) is 6.56. The van der Waals surface area contributed by atoms with Gasteiger partial charge in [0, 0.05) is 18.7 Å². The minimum absolute atomic E-state index is 0.0591. The molecule has 3 heterocycles. The number of imidazole rings is 1. The molecule has 0 spiro atoms. The van der Waals surface area contributed by atoms with E-state index in [1.54, 1.807) is 18.3 Å². The van der Waals surface area contributed by atoms with Gasteiger partial charge in [0.15, 0.2) is 5.03 Å². The Morgan fingerprint density at radius 1 is 1.30 bits per heavy atom. The van der Waals surface area contributed by atoms with E-state index in [0.717, 1.165) is 30.7 Å². The average Bonchev–Trinajstić information content (AvgIpc) is 3.25. The van der Waals surface area contributed by atoms with Gasteiger partial charge >= 0.3 is 0 Å². The van der Waals surface area contributed by atoms with Crippen LogP contribution < -0.4 is 4.72 Å². The Labute approximate surface area is 155 Å². The number of rotatable bonds is 5. The summed E-state index contributed by atoms with van der Waals surface area (Å²) in [4.78, 5) is 8.28. The van der Waals surface area contributed by atoms with Gasteiger partial charge in [-0.2, -0.15) is 13.4 Å². The first-order chi connectivity index (χ1) is 12.9. The van der Waals surface area contributed by atoms with Gasteiger partial charge in [0.2, 0.25) is 5.89 Å². The molecule has 10 heteroatoms. The Bertz CT molecular complexity index is 1060. The van der Waals surface area contributed by atoms with Gasteiger partial charge in [-0.1, -0.05) is 12.1 Å². The molecule has 1 aliphatic heterocycles. The molecular weight excluding hydrogens is 373 g/mol. The molecule has 0 bridgehead atoms. The van der Waals surface area contributed by atoms with Crippen molar-refractivity contribution in [1.29, 1.82) is 0 Å². The monoisotopic (exact) mass is 391 g/mol. The van der Waals surface area contributed by atoms with Crippen LogP contribution in [0.15, 0.2) is 40.0 Å². The van der Waals surface area contributed by atoms with Crippen LogP contribution >= 0.6 is 0 Å². The lowest BCUT2D eigenvalue weighted by atomic mass is 10.1. The molecule has 8 nitrogen and oxygen atoms in total. The zero-order valence-corrected chi connectivity index (χ0v) is 15.4. The molecule has 1 N–H and O–H groups in total. The number of sulfonamides is 1. The van der Waals surface area contributed by atoms with Crippen molar-refractivity contribution >= 4 is 16.0 Å². The topological polar surface area (TPSA) is 103 Å². The van der Waals surface area contributed by atoms with E-state index in [-0.39, 0.29) is 35.1 Å². The van der Waals surface area contributed by atoms with Gasteiger partial charge in [-0.25, -0.2) is 14.1 Å². The van der Waals surface area contributed by atoms with Crippen molar-refractivity contribution in [2.24, 2.45) is 0 Å². The summed E-state index contributed by atoms with van der Waals surface area (Å²) in [6, 6.07) is 6.08. The second-order valence-corrected chi connectivity index (χ2v) is 8.19. The molecule has 27 heavy (non-hydrogen) atoms. The summed E-state index contributed by atoms with van der Waals surface area (Å²) in [6.07, 6.45) is 4.55. The standard InChI is InChI=1S/C17H18FN5O3S/c1-11-3-2-4-14-19-16(10-23(11)14)27(24,25)22-17-20-15(26-21-17)9-12-5-7-13(18)8-6-12/h5-8,10-11H,2-4,9H2,1H3,(H,21,22). The maximum absolute atomic E-state index is 13.0. The molecule has 0 fully saturated rings. The first-order valence-corrected chi connectivity index (χ1v) is 10.1. The largest absolute Gasteiger partial charge is 0.337 e. The molecule has 1 aromatic carbocycles. The van der Waals surface area contributed by atoms with Crippen molar-refractivity contribution in [3.05, 3.63) is 53.6 Å². The van der Waals surface area contributed by atoms with Gasteiger partial charge < -0.3 is 9.09 Å². The fraction of sp³-hybridized carbons (Fsp3) is 0.353. The van der Waals surface area contributed by atoms with E-state index in [1.165, 1.54) is 12.1 Å². The van der Waals surface area contributed by atoms with Crippen molar-refractivity contribution in [2.75, 3.05) is 4.72 Å². The number of nitrogens with zero attached hydrogens (tertiary/aromatic N) is 4. The smallest absolute Gasteiger partial charge is 0.283 e. The molecule has 1 atom stereocenters. The molecule has 142 valence electrons. The van der Waals surface area contributed by atoms with Crippen molar-refractivity contribution < 1.29 is 17.3 Å². The van der Waals surface area contributed by atoms with Crippen LogP contribution in [0.4, 0.5) is 10.3 Å². The third kappa shape index (κ3) is 3.70. The molecule has 1 aliphatic rings. The van der Waals surface area contributed by atoms with Crippen LogP contribution in [0.5, 0.6) is 0 Å². The Morgan fingerprint density at radius 3 is 2.81 bits per heavy atom. The fourth-order valence-electron chi connectivity index (χ4n) is 3.12. The van der Waals surface area contributed by atoms with Gasteiger partial charge in [0.25, 0.3) is 16.0 Å². The van der Waals surface area contributed by atoms with E-state index < -0.39 is 10.0 Å². The SMILES string of the molecule is CC1CCCc2nc(S(=O)(=O)Nc3noc(Cc4ccc(F)cc4)n3)cn21. The Morgan fingerprint density at radius 2 is 2.07 bits per heavy atom. The van der Waals surface area contributed by atoms with E-state index >= 15 is 0 Å². The minimum Gasteiger partial charge on any atom is -0.337 e. The Balaban J connectivity index is 1.50. The summed E-state index contributed by atoms with van der Waals surface area (Å²) in [5, 5.41) is 3.59. The van der Waals surface area contributed by atoms with Crippen LogP contribution in [0.2, 0.25) is 0 Å². The first kappa shape index (κ1) is 17.7. The van der Waals surface area contributed by atoms with Crippen LogP contribution in [0.1, 0.15) is 43.1 Å². The summed E-state index contributed by atoms with van der Waals surface area (Å²) in [7, 11) is -3.91. The van der Waals surface area contributed by atoms with Crippen LogP contribution in [0, 0.1) is 5.82 Å². The van der Waals surface area contributed by atoms with Gasteiger partial charge in [-0.3, -0.25) is 0 Å². The predicted molar refractivity (Wildman–Crippen MR) is 94.2 cm³/mol. The number of halogens is 1. The molecule has 0 amide bonds. The van der Waals surface area contributed by atoms with Crippen LogP contribution in [0.3, 0.4) is 0 Å². The van der Waals surface area contributed by atoms with Gasteiger partial charge in [0.05, 0.1) is 6.42 Å². The third-order valence-electron chi connectivity index (χ3n) is 4.52. The molecule has 3 aromatic rings. The summed E-state index contributed by atoms with van der Waals surface area (Å²) < 4.78 is 47.4. The molecule has 4 rings (SSSR count). The molecule has 0 saturated heterocycles. The fourth-order valence-corrected chi connectivity index (χ4v) is 4.02. The normalized spacial score (nSPS) is 16.9. The van der Waals surface area contributed by atoms with Gasteiger partial charge in [-0.15, -0.1) is 0 Å². The zero-order valence-electron chi connectivity index (χ0n) is 14.6. The molecule has 2 aromatic heterocycles. The number of hydrogen-bond acceptors (Lipinski definition) is 6. The number of anilines is 1. The summed E-state index contributed by atoms with van der Waals surface area (Å²) >= 11 is 0. The lowest BCUT2D eigenvalue weighted by Crippen LogP contribution is -2.14. The van der Waals surface area contributed by atoms with E-state index in [4.69, 9.17) is 4.52 Å². The number of aryl methyl sites for hydroxylation is 1. The van der Waals surface area contributed by atoms with Crippen LogP contribution in [-0.4, -0.2) is 28.1 Å². The molecule has 1 unspecified atom stereocenters. The summed E-state index contributed by atoms with van der Waals surface area (Å²) in [6.45, 7) is 2.04. The second kappa shape index (κ2) is 6.76. The maximum atomic E-state index is 13.0. The van der Waals surface area contributed by atoms with Crippen LogP contribution in [-0.2, 0) is 22.9 Å². The van der Waals surface area contributed by atoms with Crippen molar-refractivity contribution in [3.8, 4) is 0 Å². The van der Waals surface area contributed by atoms with Crippen molar-refractivity contribution in [2.45, 2.75) is 43.7 Å². The van der Waals surface area contributed by atoms with Crippen molar-refractivity contribution in [1.82, 2.24) is 19.7 Å². The van der Waals surface area contributed by atoms with E-state index in [1.807, 2.05) is 11.5 Å². The number of aromatic nitrogens is 4. The average molecular weight is 391 g/mol. The number of benzene rings is 1. The lowest BCUT2D eigenvalue weighted by Gasteiger charge is -2.20. The molecule has 0 aliphatic carbocycles. The van der Waals surface area contributed by atoms with Crippen molar-refractivity contribution in [3.63, 3.8) is 0 Å². The Hall–Kier alpha value is -2.75. The lowest BCUT2D eigenvalue weighted by molar-refractivity contribution is 0.386. The quantitative estimate of drug-likeness (QED) is 0.717.